The van der Waals surface area contributed by atoms with Gasteiger partial charge in [0.25, 0.3) is 5.91 Å². The summed E-state index contributed by atoms with van der Waals surface area (Å²) in [4.78, 5) is 19.3. The molecular weight excluding hydrogens is 274 g/mol. The van der Waals surface area contributed by atoms with Gasteiger partial charge in [-0.1, -0.05) is 11.6 Å². The third-order valence-corrected chi connectivity index (χ3v) is 3.33. The number of nitrogens with zero attached hydrogens (tertiary/aromatic N) is 1. The fourth-order valence-corrected chi connectivity index (χ4v) is 2.16. The Morgan fingerprint density at radius 1 is 1.25 bits per heavy atom. The third kappa shape index (κ3) is 2.51. The van der Waals surface area contributed by atoms with Gasteiger partial charge in [-0.15, -0.1) is 0 Å². The fraction of sp³-hybridized carbons (Fsp3) is 0.0667. The molecule has 0 saturated heterocycles. The van der Waals surface area contributed by atoms with Crippen molar-refractivity contribution in [1.82, 2.24) is 15.3 Å². The summed E-state index contributed by atoms with van der Waals surface area (Å²) >= 11 is 5.80. The maximum absolute atomic E-state index is 12.0. The maximum atomic E-state index is 12.0. The Kier molecular flexibility index (Phi) is 3.39. The number of pyridine rings is 1. The normalized spacial score (nSPS) is 10.7. The first kappa shape index (κ1) is 12.7. The Labute approximate surface area is 120 Å². The van der Waals surface area contributed by atoms with Crippen LogP contribution in [-0.4, -0.2) is 15.9 Å². The number of hydrogen-bond donors (Lipinski definition) is 2. The van der Waals surface area contributed by atoms with E-state index in [4.69, 9.17) is 11.6 Å². The van der Waals surface area contributed by atoms with Crippen LogP contribution in [0.3, 0.4) is 0 Å². The van der Waals surface area contributed by atoms with Crippen LogP contribution in [0.5, 0.6) is 0 Å². The standard InChI is InChI=1S/C15H12ClN3O/c16-12-5-3-10(4-6-12)15(20)19-9-11-8-18-14-13(11)2-1-7-17-14/h1-8H,9H2,(H,17,18)(H,19,20). The van der Waals surface area contributed by atoms with E-state index in [1.807, 2.05) is 18.3 Å². The molecule has 20 heavy (non-hydrogen) atoms. The summed E-state index contributed by atoms with van der Waals surface area (Å²) < 4.78 is 0. The number of halogens is 1. The second kappa shape index (κ2) is 5.35. The molecule has 3 rings (SSSR count). The van der Waals surface area contributed by atoms with Crippen molar-refractivity contribution in [1.29, 1.82) is 0 Å². The van der Waals surface area contributed by atoms with Crippen molar-refractivity contribution in [2.75, 3.05) is 0 Å². The lowest BCUT2D eigenvalue weighted by molar-refractivity contribution is 0.0951. The topological polar surface area (TPSA) is 57.8 Å². The second-order valence-corrected chi connectivity index (χ2v) is 4.84. The summed E-state index contributed by atoms with van der Waals surface area (Å²) in [6.45, 7) is 0.452. The number of fused-ring (bicyclic) bond motifs is 1. The van der Waals surface area contributed by atoms with Crippen LogP contribution < -0.4 is 5.32 Å². The molecule has 0 fully saturated rings. The van der Waals surface area contributed by atoms with E-state index in [1.165, 1.54) is 0 Å². The minimum atomic E-state index is -0.125. The fourth-order valence-electron chi connectivity index (χ4n) is 2.04. The molecule has 5 heteroatoms. The summed E-state index contributed by atoms with van der Waals surface area (Å²) in [5.41, 5.74) is 2.42. The number of hydrogen-bond acceptors (Lipinski definition) is 2. The summed E-state index contributed by atoms with van der Waals surface area (Å²) in [6, 6.07) is 10.7. The van der Waals surface area contributed by atoms with Crippen LogP contribution >= 0.6 is 11.6 Å². The highest BCUT2D eigenvalue weighted by Crippen LogP contribution is 2.15. The highest BCUT2D eigenvalue weighted by molar-refractivity contribution is 6.30. The lowest BCUT2D eigenvalue weighted by Crippen LogP contribution is -2.22. The van der Waals surface area contributed by atoms with Gasteiger partial charge in [-0.2, -0.15) is 0 Å². The molecule has 0 spiro atoms. The van der Waals surface area contributed by atoms with Crippen molar-refractivity contribution < 1.29 is 4.79 Å². The number of aromatic amines is 1. The van der Waals surface area contributed by atoms with Gasteiger partial charge in [-0.3, -0.25) is 4.79 Å². The van der Waals surface area contributed by atoms with E-state index in [-0.39, 0.29) is 5.91 Å². The average Bonchev–Trinajstić information content (AvgIpc) is 2.89. The van der Waals surface area contributed by atoms with Gasteiger partial charge in [0, 0.05) is 34.9 Å². The first-order valence-electron chi connectivity index (χ1n) is 6.19. The number of carbonyl (C=O) groups is 1. The molecule has 3 aromatic rings. The van der Waals surface area contributed by atoms with Crippen LogP contribution in [-0.2, 0) is 6.54 Å². The van der Waals surface area contributed by atoms with Gasteiger partial charge in [0.1, 0.15) is 5.65 Å². The zero-order valence-electron chi connectivity index (χ0n) is 10.6. The molecule has 2 aromatic heterocycles. The Balaban J connectivity index is 1.73. The predicted octanol–water partition coefficient (Wildman–Crippen LogP) is 3.15. The number of amides is 1. The Hall–Kier alpha value is -2.33. The zero-order valence-corrected chi connectivity index (χ0v) is 11.3. The van der Waals surface area contributed by atoms with Crippen LogP contribution in [0.15, 0.2) is 48.8 Å². The first-order valence-corrected chi connectivity index (χ1v) is 6.56. The van der Waals surface area contributed by atoms with Crippen LogP contribution in [0.25, 0.3) is 11.0 Å². The summed E-state index contributed by atoms with van der Waals surface area (Å²) in [6.07, 6.45) is 3.59. The molecule has 1 amide bonds. The van der Waals surface area contributed by atoms with Gasteiger partial charge in [0.2, 0.25) is 0 Å². The largest absolute Gasteiger partial charge is 0.348 e. The van der Waals surface area contributed by atoms with Crippen LogP contribution in [0.1, 0.15) is 15.9 Å². The highest BCUT2D eigenvalue weighted by Gasteiger charge is 2.07. The lowest BCUT2D eigenvalue weighted by Gasteiger charge is -2.04. The molecule has 0 unspecified atom stereocenters. The molecule has 0 radical (unpaired) electrons. The van der Waals surface area contributed by atoms with Crippen molar-refractivity contribution in [2.24, 2.45) is 0 Å². The molecular formula is C15H12ClN3O. The Morgan fingerprint density at radius 2 is 2.05 bits per heavy atom. The number of nitrogens with one attached hydrogen (secondary N) is 2. The molecule has 0 saturated carbocycles. The van der Waals surface area contributed by atoms with E-state index >= 15 is 0 Å². The molecule has 0 aliphatic heterocycles. The molecule has 0 bridgehead atoms. The van der Waals surface area contributed by atoms with Gasteiger partial charge >= 0.3 is 0 Å². The van der Waals surface area contributed by atoms with Gasteiger partial charge in [-0.05, 0) is 42.0 Å². The number of aromatic nitrogens is 2. The zero-order chi connectivity index (χ0) is 13.9. The Bertz CT molecular complexity index is 749. The first-order chi connectivity index (χ1) is 9.74. The van der Waals surface area contributed by atoms with E-state index in [0.29, 0.717) is 17.1 Å². The third-order valence-electron chi connectivity index (χ3n) is 3.08. The smallest absolute Gasteiger partial charge is 0.251 e. The SMILES string of the molecule is O=C(NCc1c[nH]c2ncccc12)c1ccc(Cl)cc1. The second-order valence-electron chi connectivity index (χ2n) is 4.40. The predicted molar refractivity (Wildman–Crippen MR) is 78.7 cm³/mol. The maximum Gasteiger partial charge on any atom is 0.251 e. The molecule has 1 aromatic carbocycles. The number of carbonyl (C=O) groups excluding carboxylic acids is 1. The van der Waals surface area contributed by atoms with Crippen molar-refractivity contribution >= 4 is 28.5 Å². The molecule has 2 heterocycles. The molecule has 2 N–H and O–H groups in total. The van der Waals surface area contributed by atoms with Crippen molar-refractivity contribution in [2.45, 2.75) is 6.54 Å². The van der Waals surface area contributed by atoms with Crippen LogP contribution in [0, 0.1) is 0 Å². The average molecular weight is 286 g/mol. The number of rotatable bonds is 3. The molecule has 0 aliphatic rings. The van der Waals surface area contributed by atoms with E-state index in [0.717, 1.165) is 16.6 Å². The summed E-state index contributed by atoms with van der Waals surface area (Å²) in [5.74, 6) is -0.125. The van der Waals surface area contributed by atoms with Crippen molar-refractivity contribution in [3.8, 4) is 0 Å². The number of H-pyrrole nitrogens is 1. The summed E-state index contributed by atoms with van der Waals surface area (Å²) in [5, 5.41) is 4.52. The van der Waals surface area contributed by atoms with Gasteiger partial charge < -0.3 is 10.3 Å². The molecule has 0 aliphatic carbocycles. The lowest BCUT2D eigenvalue weighted by atomic mass is 10.2. The number of benzene rings is 1. The van der Waals surface area contributed by atoms with E-state index in [2.05, 4.69) is 15.3 Å². The molecule has 0 atom stereocenters. The van der Waals surface area contributed by atoms with Gasteiger partial charge in [-0.25, -0.2) is 4.98 Å². The monoisotopic (exact) mass is 285 g/mol. The summed E-state index contributed by atoms with van der Waals surface area (Å²) in [7, 11) is 0. The van der Waals surface area contributed by atoms with Crippen LogP contribution in [0.4, 0.5) is 0 Å². The quantitative estimate of drug-likeness (QED) is 0.777. The van der Waals surface area contributed by atoms with Gasteiger partial charge in [0.15, 0.2) is 0 Å². The highest BCUT2D eigenvalue weighted by atomic mass is 35.5. The minimum absolute atomic E-state index is 0.125. The van der Waals surface area contributed by atoms with Crippen LogP contribution in [0.2, 0.25) is 5.02 Å². The van der Waals surface area contributed by atoms with E-state index < -0.39 is 0 Å². The minimum Gasteiger partial charge on any atom is -0.348 e. The molecule has 4 nitrogen and oxygen atoms in total. The van der Waals surface area contributed by atoms with E-state index in [1.54, 1.807) is 30.5 Å². The van der Waals surface area contributed by atoms with E-state index in [9.17, 15) is 4.79 Å². The molecule has 100 valence electrons. The van der Waals surface area contributed by atoms with Crippen molar-refractivity contribution in [3.63, 3.8) is 0 Å². The Morgan fingerprint density at radius 3 is 2.85 bits per heavy atom. The van der Waals surface area contributed by atoms with Gasteiger partial charge in [0.05, 0.1) is 0 Å². The van der Waals surface area contributed by atoms with Crippen molar-refractivity contribution in [3.05, 3.63) is 64.9 Å².